The van der Waals surface area contributed by atoms with Gasteiger partial charge in [-0.2, -0.15) is 0 Å². The van der Waals surface area contributed by atoms with E-state index in [1.165, 1.54) is 6.20 Å². The number of aromatic nitrogens is 2. The van der Waals surface area contributed by atoms with E-state index in [-0.39, 0.29) is 11.0 Å². The second kappa shape index (κ2) is 2.53. The van der Waals surface area contributed by atoms with E-state index < -0.39 is 0 Å². The smallest absolute Gasteiger partial charge is 0.284 e. The molecule has 0 aliphatic heterocycles. The summed E-state index contributed by atoms with van der Waals surface area (Å²) in [5.41, 5.74) is -0.188. The second-order valence-corrected chi connectivity index (χ2v) is 3.83. The van der Waals surface area contributed by atoms with Crippen LogP contribution in [-0.2, 0) is 6.54 Å². The molecule has 0 atom stereocenters. The Hall–Kier alpha value is -1.06. The van der Waals surface area contributed by atoms with Gasteiger partial charge >= 0.3 is 5.63 Å². The quantitative estimate of drug-likeness (QED) is 0.596. The molecule has 4 nitrogen and oxygen atoms in total. The molecule has 0 spiro atoms. The monoisotopic (exact) mass is 157 g/mol. The van der Waals surface area contributed by atoms with E-state index in [0.717, 1.165) is 6.54 Å². The van der Waals surface area contributed by atoms with E-state index in [2.05, 4.69) is 30.6 Å². The van der Waals surface area contributed by atoms with Crippen molar-refractivity contribution in [3.63, 3.8) is 0 Å². The van der Waals surface area contributed by atoms with E-state index in [1.54, 1.807) is 4.68 Å². The molecular formula is C7H13N2O2+. The standard InChI is InChI=1S/C7H12N2O2/c1-7(2,3)5-9-4-6(10)11-8-9/h4H,5H2,1-3H3/p+1. The topological polar surface area (TPSA) is 49.9 Å². The lowest BCUT2D eigenvalue weighted by Crippen LogP contribution is -2.41. The maximum atomic E-state index is 10.6. The SMILES string of the molecule is CC(C)(C)C[n+]1cc(=O)o[nH]1. The van der Waals surface area contributed by atoms with Crippen molar-refractivity contribution in [2.45, 2.75) is 27.3 Å². The van der Waals surface area contributed by atoms with Gasteiger partial charge in [0, 0.05) is 5.41 Å². The maximum Gasteiger partial charge on any atom is 0.426 e. The van der Waals surface area contributed by atoms with Crippen LogP contribution in [0.2, 0.25) is 0 Å². The summed E-state index contributed by atoms with van der Waals surface area (Å²) in [6.45, 7) is 7.01. The van der Waals surface area contributed by atoms with Crippen molar-refractivity contribution in [1.29, 1.82) is 0 Å². The summed E-state index contributed by atoms with van der Waals surface area (Å²) in [4.78, 5) is 10.6. The van der Waals surface area contributed by atoms with Crippen LogP contribution in [0.1, 0.15) is 20.8 Å². The van der Waals surface area contributed by atoms with Crippen molar-refractivity contribution in [2.75, 3.05) is 0 Å². The van der Waals surface area contributed by atoms with E-state index in [0.29, 0.717) is 0 Å². The minimum absolute atomic E-state index is 0.150. The number of rotatable bonds is 1. The lowest BCUT2D eigenvalue weighted by molar-refractivity contribution is -0.771. The third-order valence-electron chi connectivity index (χ3n) is 1.17. The average Bonchev–Trinajstić information content (AvgIpc) is 2.10. The van der Waals surface area contributed by atoms with Crippen LogP contribution in [0.4, 0.5) is 0 Å². The van der Waals surface area contributed by atoms with Crippen LogP contribution in [0.15, 0.2) is 15.5 Å². The predicted octanol–water partition coefficient (Wildman–Crippen LogP) is 0.301. The van der Waals surface area contributed by atoms with E-state index in [4.69, 9.17) is 0 Å². The number of hydrogen-bond acceptors (Lipinski definition) is 2. The Labute approximate surface area is 64.8 Å². The fourth-order valence-corrected chi connectivity index (χ4v) is 0.873. The summed E-state index contributed by atoms with van der Waals surface area (Å²) in [6.07, 6.45) is 1.41. The lowest BCUT2D eigenvalue weighted by Gasteiger charge is -2.10. The summed E-state index contributed by atoms with van der Waals surface area (Å²) in [5.74, 6) is 0. The first-order valence-corrected chi connectivity index (χ1v) is 3.55. The van der Waals surface area contributed by atoms with Gasteiger partial charge in [-0.15, -0.1) is 0 Å². The molecule has 1 rings (SSSR count). The molecule has 0 aliphatic rings. The van der Waals surface area contributed by atoms with E-state index in [1.807, 2.05) is 0 Å². The summed E-state index contributed by atoms with van der Waals surface area (Å²) in [5, 5.41) is 2.49. The summed E-state index contributed by atoms with van der Waals surface area (Å²) in [7, 11) is 0. The van der Waals surface area contributed by atoms with Gasteiger partial charge in [0.05, 0.1) is 0 Å². The molecule has 0 saturated heterocycles. The van der Waals surface area contributed by atoms with Gasteiger partial charge < -0.3 is 0 Å². The highest BCUT2D eigenvalue weighted by atomic mass is 16.5. The van der Waals surface area contributed by atoms with Crippen LogP contribution < -0.4 is 10.3 Å². The van der Waals surface area contributed by atoms with Gasteiger partial charge in [-0.05, 0) is 5.27 Å². The van der Waals surface area contributed by atoms with Gasteiger partial charge in [0.15, 0.2) is 6.54 Å². The van der Waals surface area contributed by atoms with E-state index in [9.17, 15) is 4.79 Å². The van der Waals surface area contributed by atoms with Gasteiger partial charge in [-0.25, -0.2) is 4.79 Å². The molecule has 1 heterocycles. The first kappa shape index (κ1) is 8.04. The molecule has 0 amide bonds. The Balaban J connectivity index is 2.73. The second-order valence-electron chi connectivity index (χ2n) is 3.83. The fraction of sp³-hybridized carbons (Fsp3) is 0.714. The van der Waals surface area contributed by atoms with Crippen LogP contribution >= 0.6 is 0 Å². The third-order valence-corrected chi connectivity index (χ3v) is 1.17. The maximum absolute atomic E-state index is 10.6. The fourth-order valence-electron chi connectivity index (χ4n) is 0.873. The highest BCUT2D eigenvalue weighted by Crippen LogP contribution is 2.11. The van der Waals surface area contributed by atoms with Crippen molar-refractivity contribution in [3.05, 3.63) is 16.6 Å². The normalized spacial score (nSPS) is 11.9. The van der Waals surface area contributed by atoms with Crippen LogP contribution in [0, 0.1) is 5.41 Å². The summed E-state index contributed by atoms with van der Waals surface area (Å²) >= 11 is 0. The van der Waals surface area contributed by atoms with Crippen LogP contribution in [0.5, 0.6) is 0 Å². The van der Waals surface area contributed by atoms with Gasteiger partial charge in [-0.3, -0.25) is 4.52 Å². The largest absolute Gasteiger partial charge is 0.426 e. The van der Waals surface area contributed by atoms with Crippen molar-refractivity contribution in [1.82, 2.24) is 5.27 Å². The Kier molecular flexibility index (Phi) is 1.85. The van der Waals surface area contributed by atoms with Crippen LogP contribution in [-0.4, -0.2) is 5.27 Å². The molecule has 0 saturated carbocycles. The Morgan fingerprint density at radius 1 is 1.64 bits per heavy atom. The number of aromatic amines is 1. The minimum atomic E-state index is -0.339. The minimum Gasteiger partial charge on any atom is -0.284 e. The molecule has 1 aromatic rings. The zero-order valence-corrected chi connectivity index (χ0v) is 7.05. The number of nitrogens with one attached hydrogen (secondary N) is 1. The number of hydrogen-bond donors (Lipinski definition) is 1. The molecule has 0 radical (unpaired) electrons. The molecule has 0 fully saturated rings. The Bertz CT molecular complexity index is 279. The van der Waals surface area contributed by atoms with Gasteiger partial charge in [0.2, 0.25) is 0 Å². The molecule has 0 unspecified atom stereocenters. The highest BCUT2D eigenvalue weighted by molar-refractivity contribution is 4.54. The Morgan fingerprint density at radius 3 is 2.64 bits per heavy atom. The zero-order chi connectivity index (χ0) is 8.48. The Morgan fingerprint density at radius 2 is 2.27 bits per heavy atom. The first-order chi connectivity index (χ1) is 4.97. The average molecular weight is 157 g/mol. The molecule has 4 heteroatoms. The lowest BCUT2D eigenvalue weighted by atomic mass is 9.97. The predicted molar refractivity (Wildman–Crippen MR) is 39.0 cm³/mol. The zero-order valence-electron chi connectivity index (χ0n) is 7.05. The molecule has 11 heavy (non-hydrogen) atoms. The van der Waals surface area contributed by atoms with E-state index >= 15 is 0 Å². The van der Waals surface area contributed by atoms with Crippen molar-refractivity contribution in [2.24, 2.45) is 5.41 Å². The van der Waals surface area contributed by atoms with Crippen molar-refractivity contribution in [3.8, 4) is 0 Å². The molecule has 0 bridgehead atoms. The third kappa shape index (κ3) is 2.57. The molecular weight excluding hydrogens is 144 g/mol. The molecule has 1 N–H and O–H groups in total. The van der Waals surface area contributed by atoms with Gasteiger partial charge in [0.1, 0.15) is 0 Å². The van der Waals surface area contributed by atoms with Gasteiger partial charge in [-0.1, -0.05) is 25.5 Å². The first-order valence-electron chi connectivity index (χ1n) is 3.55. The summed E-state index contributed by atoms with van der Waals surface area (Å²) in [6, 6.07) is 0. The highest BCUT2D eigenvalue weighted by Gasteiger charge is 2.18. The van der Waals surface area contributed by atoms with Crippen molar-refractivity contribution < 1.29 is 9.20 Å². The number of nitrogens with zero attached hydrogens (tertiary/aromatic N) is 1. The van der Waals surface area contributed by atoms with Gasteiger partial charge in [0.25, 0.3) is 6.20 Å². The molecule has 0 aliphatic carbocycles. The molecule has 62 valence electrons. The van der Waals surface area contributed by atoms with Crippen LogP contribution in [0.25, 0.3) is 0 Å². The summed E-state index contributed by atoms with van der Waals surface area (Å²) < 4.78 is 6.13. The number of H-pyrrole nitrogens is 1. The van der Waals surface area contributed by atoms with Crippen molar-refractivity contribution >= 4 is 0 Å². The molecule has 1 aromatic heterocycles. The molecule has 0 aromatic carbocycles. The van der Waals surface area contributed by atoms with Crippen LogP contribution in [0.3, 0.4) is 0 Å².